The highest BCUT2D eigenvalue weighted by atomic mass is 16.3. The minimum absolute atomic E-state index is 0.101. The second kappa shape index (κ2) is 5.28. The van der Waals surface area contributed by atoms with Gasteiger partial charge in [0.1, 0.15) is 11.4 Å². The highest BCUT2D eigenvalue weighted by Crippen LogP contribution is 2.45. The van der Waals surface area contributed by atoms with Crippen molar-refractivity contribution in [3.05, 3.63) is 30.0 Å². The van der Waals surface area contributed by atoms with Crippen LogP contribution in [0.3, 0.4) is 0 Å². The molecule has 0 fully saturated rings. The van der Waals surface area contributed by atoms with Gasteiger partial charge in [-0.05, 0) is 31.4 Å². The summed E-state index contributed by atoms with van der Waals surface area (Å²) in [5.74, 6) is 0.517. The number of aromatic hydroxyl groups is 2. The fraction of sp³-hybridized carbons (Fsp3) is 0.353. The van der Waals surface area contributed by atoms with Crippen molar-refractivity contribution in [2.45, 2.75) is 33.6 Å². The molecule has 0 saturated carbocycles. The zero-order valence-electron chi connectivity index (χ0n) is 13.2. The summed E-state index contributed by atoms with van der Waals surface area (Å²) < 4.78 is 1.94. The van der Waals surface area contributed by atoms with Crippen LogP contribution in [0.15, 0.2) is 23.7 Å². The van der Waals surface area contributed by atoms with E-state index >= 15 is 0 Å². The summed E-state index contributed by atoms with van der Waals surface area (Å²) in [6, 6.07) is 1.49. The van der Waals surface area contributed by atoms with E-state index in [1.54, 1.807) is 13.0 Å². The number of aryl methyl sites for hydroxylation is 2. The Morgan fingerprint density at radius 3 is 2.52 bits per heavy atom. The number of phenols is 2. The predicted octanol–water partition coefficient (Wildman–Crippen LogP) is 4.30. The van der Waals surface area contributed by atoms with E-state index in [4.69, 9.17) is 0 Å². The molecule has 0 unspecified atom stereocenters. The second-order valence-electron chi connectivity index (χ2n) is 5.67. The van der Waals surface area contributed by atoms with Gasteiger partial charge in [-0.25, -0.2) is 4.99 Å². The van der Waals surface area contributed by atoms with E-state index in [2.05, 4.69) is 25.4 Å². The predicted molar refractivity (Wildman–Crippen MR) is 88.0 cm³/mol. The molecule has 4 heteroatoms. The fourth-order valence-electron chi connectivity index (χ4n) is 2.97. The largest absolute Gasteiger partial charge is 0.506 e. The summed E-state index contributed by atoms with van der Waals surface area (Å²) in [5, 5.41) is 21.6. The van der Waals surface area contributed by atoms with Gasteiger partial charge < -0.3 is 14.8 Å². The third-order valence-electron chi connectivity index (χ3n) is 3.83. The van der Waals surface area contributed by atoms with E-state index < -0.39 is 0 Å². The van der Waals surface area contributed by atoms with Gasteiger partial charge in [-0.2, -0.15) is 0 Å². The molecule has 2 rings (SSSR count). The molecule has 21 heavy (non-hydrogen) atoms. The quantitative estimate of drug-likeness (QED) is 0.653. The average Bonchev–Trinajstić information content (AvgIpc) is 2.67. The van der Waals surface area contributed by atoms with Crippen LogP contribution >= 0.6 is 0 Å². The molecule has 0 aliphatic carbocycles. The Hall–Kier alpha value is -2.23. The van der Waals surface area contributed by atoms with Gasteiger partial charge in [0.15, 0.2) is 5.75 Å². The van der Waals surface area contributed by atoms with Gasteiger partial charge in [-0.1, -0.05) is 20.4 Å². The van der Waals surface area contributed by atoms with Crippen molar-refractivity contribution in [3.8, 4) is 11.5 Å². The van der Waals surface area contributed by atoms with Crippen LogP contribution in [0.1, 0.15) is 37.9 Å². The first-order valence-corrected chi connectivity index (χ1v) is 7.01. The van der Waals surface area contributed by atoms with Gasteiger partial charge in [0.25, 0.3) is 0 Å². The van der Waals surface area contributed by atoms with Crippen molar-refractivity contribution in [2.75, 3.05) is 0 Å². The van der Waals surface area contributed by atoms with Gasteiger partial charge in [0.05, 0.1) is 10.9 Å². The van der Waals surface area contributed by atoms with Crippen molar-refractivity contribution in [1.82, 2.24) is 4.57 Å². The molecule has 0 radical (unpaired) electrons. The Bertz CT molecular complexity index is 752. The van der Waals surface area contributed by atoms with Crippen molar-refractivity contribution >= 4 is 22.3 Å². The molecule has 4 nitrogen and oxygen atoms in total. The van der Waals surface area contributed by atoms with E-state index in [-0.39, 0.29) is 11.5 Å². The number of allylic oxidation sites excluding steroid dienone is 1. The number of benzene rings is 1. The monoisotopic (exact) mass is 286 g/mol. The van der Waals surface area contributed by atoms with Crippen LogP contribution in [-0.2, 0) is 7.05 Å². The minimum Gasteiger partial charge on any atom is -0.506 e. The minimum atomic E-state index is 0.101. The summed E-state index contributed by atoms with van der Waals surface area (Å²) in [5.41, 5.74) is 3.76. The lowest BCUT2D eigenvalue weighted by molar-refractivity contribution is 0.469. The van der Waals surface area contributed by atoms with Crippen LogP contribution in [0, 0.1) is 6.92 Å². The third-order valence-corrected chi connectivity index (χ3v) is 3.83. The highest BCUT2D eigenvalue weighted by Gasteiger charge is 2.22. The van der Waals surface area contributed by atoms with Crippen LogP contribution in [0.25, 0.3) is 10.9 Å². The molecular weight excluding hydrogens is 264 g/mol. The Kier molecular flexibility index (Phi) is 3.81. The lowest BCUT2D eigenvalue weighted by Crippen LogP contribution is -1.99. The molecule has 2 aromatic rings. The molecule has 0 spiro atoms. The number of aromatic nitrogens is 1. The van der Waals surface area contributed by atoms with E-state index in [1.807, 2.05) is 18.5 Å². The van der Waals surface area contributed by atoms with Crippen LogP contribution in [0.4, 0.5) is 5.69 Å². The van der Waals surface area contributed by atoms with Gasteiger partial charge >= 0.3 is 0 Å². The molecule has 0 aliphatic heterocycles. The Balaban J connectivity index is 2.91. The number of hydrogen-bond acceptors (Lipinski definition) is 3. The normalized spacial score (nSPS) is 12.4. The van der Waals surface area contributed by atoms with Gasteiger partial charge in [-0.15, -0.1) is 0 Å². The van der Waals surface area contributed by atoms with E-state index in [0.717, 1.165) is 11.3 Å². The Morgan fingerprint density at radius 2 is 2.00 bits per heavy atom. The van der Waals surface area contributed by atoms with Gasteiger partial charge in [0, 0.05) is 24.5 Å². The topological polar surface area (TPSA) is 57.8 Å². The van der Waals surface area contributed by atoms with Crippen LogP contribution < -0.4 is 0 Å². The number of nitrogens with zero attached hydrogens (tertiary/aromatic N) is 2. The van der Waals surface area contributed by atoms with Crippen molar-refractivity contribution < 1.29 is 10.2 Å². The second-order valence-corrected chi connectivity index (χ2v) is 5.67. The summed E-state index contributed by atoms with van der Waals surface area (Å²) in [4.78, 5) is 4.29. The molecule has 112 valence electrons. The molecule has 2 N–H and O–H groups in total. The lowest BCUT2D eigenvalue weighted by Gasteiger charge is -2.09. The zero-order valence-corrected chi connectivity index (χ0v) is 13.2. The highest BCUT2D eigenvalue weighted by molar-refractivity contribution is 6.01. The molecular formula is C17H22N2O2. The van der Waals surface area contributed by atoms with Gasteiger partial charge in [-0.3, -0.25) is 0 Å². The zero-order chi connectivity index (χ0) is 15.9. The molecule has 1 heterocycles. The molecule has 1 aromatic heterocycles. The molecule has 1 aromatic carbocycles. The maximum absolute atomic E-state index is 10.6. The van der Waals surface area contributed by atoms with Crippen LogP contribution in [-0.4, -0.2) is 20.5 Å². The average molecular weight is 286 g/mol. The number of fused-ring (bicyclic) bond motifs is 1. The van der Waals surface area contributed by atoms with E-state index in [9.17, 15) is 10.2 Å². The Labute approximate surface area is 125 Å². The molecule has 0 amide bonds. The van der Waals surface area contributed by atoms with Crippen molar-refractivity contribution in [2.24, 2.45) is 12.0 Å². The number of phenolic OH excluding ortho intramolecular Hbond substituents is 2. The summed E-state index contributed by atoms with van der Waals surface area (Å²) in [6.45, 7) is 11.6. The maximum Gasteiger partial charge on any atom is 0.151 e. The van der Waals surface area contributed by atoms with Crippen LogP contribution in [0.2, 0.25) is 0 Å². The number of hydrogen-bond donors (Lipinski definition) is 2. The molecule has 0 atom stereocenters. The third kappa shape index (κ3) is 2.31. The standard InChI is InChI=1S/C17H22N2O2/c1-7-10(4)18-12-8-13(20)16-14(17(12)21)11(5)15(9(2)3)19(16)6/h7-9,20-21H,1H2,2-6H3. The SMILES string of the molecule is C=CC(C)=Nc1cc(O)c2c(c(C)c(C(C)C)n2C)c1O. The van der Waals surface area contributed by atoms with E-state index in [0.29, 0.717) is 28.2 Å². The molecule has 0 bridgehead atoms. The Morgan fingerprint density at radius 1 is 1.38 bits per heavy atom. The first kappa shape index (κ1) is 15.2. The molecule has 0 saturated heterocycles. The fourth-order valence-corrected chi connectivity index (χ4v) is 2.97. The smallest absolute Gasteiger partial charge is 0.151 e. The van der Waals surface area contributed by atoms with Gasteiger partial charge in [0.2, 0.25) is 0 Å². The summed E-state index contributed by atoms with van der Waals surface area (Å²) >= 11 is 0. The molecule has 0 aliphatic rings. The van der Waals surface area contributed by atoms with Crippen molar-refractivity contribution in [3.63, 3.8) is 0 Å². The summed E-state index contributed by atoms with van der Waals surface area (Å²) in [7, 11) is 1.90. The summed E-state index contributed by atoms with van der Waals surface area (Å²) in [6.07, 6.45) is 1.61. The van der Waals surface area contributed by atoms with E-state index in [1.165, 1.54) is 6.07 Å². The first-order chi connectivity index (χ1) is 9.79. The first-order valence-electron chi connectivity index (χ1n) is 7.01. The number of rotatable bonds is 3. The maximum atomic E-state index is 10.6. The van der Waals surface area contributed by atoms with Crippen LogP contribution in [0.5, 0.6) is 11.5 Å². The number of aliphatic imine (C=N–C) groups is 1. The van der Waals surface area contributed by atoms with Crippen molar-refractivity contribution in [1.29, 1.82) is 0 Å². The lowest BCUT2D eigenvalue weighted by atomic mass is 10.0.